The van der Waals surface area contributed by atoms with Crippen molar-refractivity contribution in [3.8, 4) is 0 Å². The molecule has 0 saturated heterocycles. The van der Waals surface area contributed by atoms with Gasteiger partial charge in [0.1, 0.15) is 0 Å². The summed E-state index contributed by atoms with van der Waals surface area (Å²) in [5, 5.41) is 8.43. The third-order valence-corrected chi connectivity index (χ3v) is 3.28. The average molecular weight is 354 g/mol. The molecule has 2 aromatic rings. The Balaban J connectivity index is 2.23. The Labute approximate surface area is 117 Å². The summed E-state index contributed by atoms with van der Waals surface area (Å²) in [6, 6.07) is 13.7. The van der Waals surface area contributed by atoms with Crippen molar-refractivity contribution in [1.82, 2.24) is 0 Å². The Morgan fingerprint density at radius 2 is 1.47 bits per heavy atom. The number of halogens is 2. The van der Waals surface area contributed by atoms with Gasteiger partial charge < -0.3 is 0 Å². The van der Waals surface area contributed by atoms with Crippen LogP contribution in [-0.4, -0.2) is 0 Å². The molecule has 17 heavy (non-hydrogen) atoms. The van der Waals surface area contributed by atoms with Gasteiger partial charge in [-0.3, -0.25) is 0 Å². The van der Waals surface area contributed by atoms with E-state index >= 15 is 0 Å². The van der Waals surface area contributed by atoms with Gasteiger partial charge in [-0.15, -0.1) is 0 Å². The third-order valence-electron chi connectivity index (χ3n) is 2.26. The maximum atomic E-state index is 4.24. The Morgan fingerprint density at radius 3 is 2.12 bits per heavy atom. The highest BCUT2D eigenvalue weighted by Gasteiger charge is 1.97. The van der Waals surface area contributed by atoms with Crippen LogP contribution in [0.1, 0.15) is 5.56 Å². The molecule has 0 unspecified atom stereocenters. The van der Waals surface area contributed by atoms with E-state index in [-0.39, 0.29) is 0 Å². The minimum absolute atomic E-state index is 0.843. The SMILES string of the molecule is Cc1cc(Br)ccc1N=Nc1ccc(Br)cc1. The van der Waals surface area contributed by atoms with Crippen molar-refractivity contribution in [2.24, 2.45) is 10.2 Å². The molecule has 0 atom stereocenters. The molecule has 0 spiro atoms. The normalized spacial score (nSPS) is 11.0. The fourth-order valence-corrected chi connectivity index (χ4v) is 2.09. The monoisotopic (exact) mass is 352 g/mol. The van der Waals surface area contributed by atoms with Gasteiger partial charge in [-0.25, -0.2) is 0 Å². The maximum Gasteiger partial charge on any atom is 0.0886 e. The second-order valence-electron chi connectivity index (χ2n) is 3.61. The lowest BCUT2D eigenvalue weighted by atomic mass is 10.2. The molecule has 0 amide bonds. The van der Waals surface area contributed by atoms with E-state index in [0.717, 1.165) is 25.9 Å². The van der Waals surface area contributed by atoms with E-state index in [2.05, 4.69) is 42.1 Å². The molecule has 2 aromatic carbocycles. The van der Waals surface area contributed by atoms with Crippen LogP contribution in [-0.2, 0) is 0 Å². The molecule has 0 saturated carbocycles. The smallest absolute Gasteiger partial charge is 0.0886 e. The first-order valence-corrected chi connectivity index (χ1v) is 6.67. The van der Waals surface area contributed by atoms with E-state index in [9.17, 15) is 0 Å². The molecule has 0 fully saturated rings. The zero-order valence-electron chi connectivity index (χ0n) is 9.19. The first-order valence-electron chi connectivity index (χ1n) is 5.08. The molecule has 0 aliphatic rings. The van der Waals surface area contributed by atoms with Crippen molar-refractivity contribution in [2.45, 2.75) is 6.92 Å². The summed E-state index contributed by atoms with van der Waals surface area (Å²) in [7, 11) is 0. The summed E-state index contributed by atoms with van der Waals surface area (Å²) in [5.41, 5.74) is 2.83. The molecule has 0 N–H and O–H groups in total. The van der Waals surface area contributed by atoms with Crippen LogP contribution in [0, 0.1) is 6.92 Å². The van der Waals surface area contributed by atoms with Gasteiger partial charge in [-0.05, 0) is 55.0 Å². The van der Waals surface area contributed by atoms with E-state index in [1.165, 1.54) is 0 Å². The lowest BCUT2D eigenvalue weighted by Gasteiger charge is -1.99. The van der Waals surface area contributed by atoms with Crippen molar-refractivity contribution < 1.29 is 0 Å². The van der Waals surface area contributed by atoms with Gasteiger partial charge in [0.2, 0.25) is 0 Å². The molecule has 86 valence electrons. The second-order valence-corrected chi connectivity index (χ2v) is 5.44. The largest absolute Gasteiger partial charge is 0.151 e. The van der Waals surface area contributed by atoms with Crippen LogP contribution in [0.15, 0.2) is 61.6 Å². The predicted molar refractivity (Wildman–Crippen MR) is 77.2 cm³/mol. The molecule has 2 rings (SSSR count). The number of azo groups is 1. The maximum absolute atomic E-state index is 4.24. The van der Waals surface area contributed by atoms with Gasteiger partial charge in [-0.2, -0.15) is 10.2 Å². The standard InChI is InChI=1S/C13H10Br2N2/c1-9-8-11(15)4-7-13(9)17-16-12-5-2-10(14)3-6-12/h2-8H,1H3. The van der Waals surface area contributed by atoms with E-state index < -0.39 is 0 Å². The van der Waals surface area contributed by atoms with Gasteiger partial charge in [-0.1, -0.05) is 31.9 Å². The van der Waals surface area contributed by atoms with Crippen LogP contribution in [0.3, 0.4) is 0 Å². The molecule has 0 heterocycles. The van der Waals surface area contributed by atoms with E-state index in [4.69, 9.17) is 0 Å². The second kappa shape index (κ2) is 5.56. The third kappa shape index (κ3) is 3.48. The van der Waals surface area contributed by atoms with Crippen molar-refractivity contribution in [1.29, 1.82) is 0 Å². The molecule has 2 nitrogen and oxygen atoms in total. The van der Waals surface area contributed by atoms with Gasteiger partial charge in [0.05, 0.1) is 11.4 Å². The van der Waals surface area contributed by atoms with Crippen LogP contribution in [0.25, 0.3) is 0 Å². The summed E-state index contributed by atoms with van der Waals surface area (Å²) in [6.45, 7) is 2.01. The summed E-state index contributed by atoms with van der Waals surface area (Å²) >= 11 is 6.81. The summed E-state index contributed by atoms with van der Waals surface area (Å²) in [4.78, 5) is 0. The van der Waals surface area contributed by atoms with Crippen molar-refractivity contribution in [3.63, 3.8) is 0 Å². The minimum Gasteiger partial charge on any atom is -0.151 e. The van der Waals surface area contributed by atoms with Gasteiger partial charge in [0.15, 0.2) is 0 Å². The molecule has 0 aromatic heterocycles. The number of hydrogen-bond acceptors (Lipinski definition) is 2. The van der Waals surface area contributed by atoms with Crippen LogP contribution in [0.4, 0.5) is 11.4 Å². The number of rotatable bonds is 2. The molecule has 4 heteroatoms. The first kappa shape index (κ1) is 12.5. The fourth-order valence-electron chi connectivity index (χ4n) is 1.35. The van der Waals surface area contributed by atoms with Crippen molar-refractivity contribution in [2.75, 3.05) is 0 Å². The van der Waals surface area contributed by atoms with Crippen LogP contribution < -0.4 is 0 Å². The van der Waals surface area contributed by atoms with E-state index in [1.807, 2.05) is 49.4 Å². The quantitative estimate of drug-likeness (QED) is 0.597. The zero-order chi connectivity index (χ0) is 12.3. The number of benzene rings is 2. The van der Waals surface area contributed by atoms with Crippen molar-refractivity contribution in [3.05, 3.63) is 57.0 Å². The molecule has 0 aliphatic heterocycles. The Morgan fingerprint density at radius 1 is 0.824 bits per heavy atom. The van der Waals surface area contributed by atoms with Gasteiger partial charge in [0, 0.05) is 8.95 Å². The molecule has 0 bridgehead atoms. The highest BCUT2D eigenvalue weighted by atomic mass is 79.9. The van der Waals surface area contributed by atoms with Gasteiger partial charge >= 0.3 is 0 Å². The van der Waals surface area contributed by atoms with Crippen molar-refractivity contribution >= 4 is 43.2 Å². The summed E-state index contributed by atoms with van der Waals surface area (Å²) in [5.74, 6) is 0. The molecular weight excluding hydrogens is 344 g/mol. The number of nitrogens with zero attached hydrogens (tertiary/aromatic N) is 2. The minimum atomic E-state index is 0.843. The average Bonchev–Trinajstić information content (AvgIpc) is 2.30. The summed E-state index contributed by atoms with van der Waals surface area (Å²) < 4.78 is 2.09. The van der Waals surface area contributed by atoms with Crippen LogP contribution in [0.2, 0.25) is 0 Å². The fraction of sp³-hybridized carbons (Fsp3) is 0.0769. The van der Waals surface area contributed by atoms with E-state index in [1.54, 1.807) is 0 Å². The predicted octanol–water partition coefficient (Wildman–Crippen LogP) is 5.94. The summed E-state index contributed by atoms with van der Waals surface area (Å²) in [6.07, 6.45) is 0. The van der Waals surface area contributed by atoms with Gasteiger partial charge in [0.25, 0.3) is 0 Å². The lowest BCUT2D eigenvalue weighted by Crippen LogP contribution is -1.73. The Hall–Kier alpha value is -1.000. The Bertz CT molecular complexity index is 548. The number of aryl methyl sites for hydroxylation is 1. The Kier molecular flexibility index (Phi) is 4.07. The molecule has 0 radical (unpaired) electrons. The number of hydrogen-bond donors (Lipinski definition) is 0. The highest BCUT2D eigenvalue weighted by Crippen LogP contribution is 2.25. The lowest BCUT2D eigenvalue weighted by molar-refractivity contribution is 1.21. The van der Waals surface area contributed by atoms with Crippen LogP contribution >= 0.6 is 31.9 Å². The topological polar surface area (TPSA) is 24.7 Å². The zero-order valence-corrected chi connectivity index (χ0v) is 12.4. The highest BCUT2D eigenvalue weighted by molar-refractivity contribution is 9.10. The van der Waals surface area contributed by atoms with E-state index in [0.29, 0.717) is 0 Å². The molecular formula is C13H10Br2N2. The van der Waals surface area contributed by atoms with Crippen LogP contribution in [0.5, 0.6) is 0 Å². The molecule has 0 aliphatic carbocycles. The first-order chi connectivity index (χ1) is 8.15.